The third-order valence-corrected chi connectivity index (χ3v) is 3.45. The average molecular weight is 234 g/mol. The first-order valence-electron chi connectivity index (χ1n) is 5.10. The van der Waals surface area contributed by atoms with Crippen LogP contribution in [0.25, 0.3) is 11.1 Å². The van der Waals surface area contributed by atoms with Gasteiger partial charge in [0.2, 0.25) is 0 Å². The zero-order chi connectivity index (χ0) is 11.5. The van der Waals surface area contributed by atoms with Gasteiger partial charge in [0.05, 0.1) is 5.56 Å². The van der Waals surface area contributed by atoms with Crippen LogP contribution in [0.4, 0.5) is 10.8 Å². The van der Waals surface area contributed by atoms with E-state index in [9.17, 15) is 0 Å². The molecule has 0 unspecified atom stereocenters. The molecule has 16 heavy (non-hydrogen) atoms. The number of pyridine rings is 1. The molecule has 2 N–H and O–H groups in total. The van der Waals surface area contributed by atoms with Gasteiger partial charge in [-0.3, -0.25) is 4.98 Å². The summed E-state index contributed by atoms with van der Waals surface area (Å²) >= 11 is 1.43. The van der Waals surface area contributed by atoms with Crippen molar-refractivity contribution in [3.63, 3.8) is 0 Å². The van der Waals surface area contributed by atoms with Crippen molar-refractivity contribution in [2.24, 2.45) is 0 Å². The zero-order valence-corrected chi connectivity index (χ0v) is 10.2. The third kappa shape index (κ3) is 1.86. The van der Waals surface area contributed by atoms with E-state index < -0.39 is 0 Å². The van der Waals surface area contributed by atoms with Crippen LogP contribution >= 0.6 is 11.5 Å². The molecule has 0 bridgehead atoms. The maximum atomic E-state index is 5.91. The summed E-state index contributed by atoms with van der Waals surface area (Å²) < 4.78 is 4.21. The molecule has 84 valence electrons. The maximum absolute atomic E-state index is 5.91. The maximum Gasteiger partial charge on any atom is 0.147 e. The Morgan fingerprint density at radius 2 is 2.31 bits per heavy atom. The lowest BCUT2D eigenvalue weighted by Gasteiger charge is -2.15. The van der Waals surface area contributed by atoms with Gasteiger partial charge in [-0.15, -0.1) is 0 Å². The Labute approximate surface area is 98.9 Å². The first kappa shape index (κ1) is 10.9. The van der Waals surface area contributed by atoms with Gasteiger partial charge in [-0.25, -0.2) is 0 Å². The summed E-state index contributed by atoms with van der Waals surface area (Å²) in [6.45, 7) is 3.03. The Morgan fingerprint density at radius 3 is 2.94 bits per heavy atom. The number of nitrogens with two attached hydrogens (primary N) is 1. The molecule has 0 radical (unpaired) electrons. The van der Waals surface area contributed by atoms with Gasteiger partial charge in [0.1, 0.15) is 10.8 Å². The second-order valence-corrected chi connectivity index (χ2v) is 4.26. The Balaban J connectivity index is 2.52. The minimum absolute atomic E-state index is 0.577. The molecule has 0 aliphatic heterocycles. The SMILES string of the molecule is CCN(C)c1snc(N)c1-c1cccnc1. The highest BCUT2D eigenvalue weighted by molar-refractivity contribution is 7.11. The lowest BCUT2D eigenvalue weighted by Crippen LogP contribution is -2.15. The Bertz CT molecular complexity index is 466. The van der Waals surface area contributed by atoms with Crippen LogP contribution in [-0.4, -0.2) is 22.9 Å². The normalized spacial score (nSPS) is 10.4. The number of anilines is 2. The highest BCUT2D eigenvalue weighted by Gasteiger charge is 2.15. The van der Waals surface area contributed by atoms with Crippen molar-refractivity contribution in [2.75, 3.05) is 24.2 Å². The van der Waals surface area contributed by atoms with Crippen LogP contribution in [0.2, 0.25) is 0 Å². The fraction of sp³-hybridized carbons (Fsp3) is 0.273. The van der Waals surface area contributed by atoms with Crippen LogP contribution in [0.5, 0.6) is 0 Å². The molecule has 0 aromatic carbocycles. The number of hydrogen-bond donors (Lipinski definition) is 1. The number of aromatic nitrogens is 2. The predicted octanol–water partition coefficient (Wildman–Crippen LogP) is 2.24. The molecule has 0 aliphatic carbocycles. The van der Waals surface area contributed by atoms with Crippen LogP contribution in [0.3, 0.4) is 0 Å². The largest absolute Gasteiger partial charge is 0.382 e. The Kier molecular flexibility index (Phi) is 3.05. The van der Waals surface area contributed by atoms with Gasteiger partial charge in [-0.2, -0.15) is 4.37 Å². The van der Waals surface area contributed by atoms with E-state index >= 15 is 0 Å². The van der Waals surface area contributed by atoms with Crippen LogP contribution in [0.1, 0.15) is 6.92 Å². The summed E-state index contributed by atoms with van der Waals surface area (Å²) in [5.74, 6) is 0.577. The van der Waals surface area contributed by atoms with Gasteiger partial charge in [-0.05, 0) is 24.5 Å². The number of rotatable bonds is 3. The summed E-state index contributed by atoms with van der Waals surface area (Å²) in [4.78, 5) is 6.25. The molecule has 4 nitrogen and oxygen atoms in total. The van der Waals surface area contributed by atoms with Gasteiger partial charge >= 0.3 is 0 Å². The first-order chi connectivity index (χ1) is 7.74. The highest BCUT2D eigenvalue weighted by Crippen LogP contribution is 2.38. The van der Waals surface area contributed by atoms with E-state index in [2.05, 4.69) is 21.2 Å². The lowest BCUT2D eigenvalue weighted by atomic mass is 10.1. The van der Waals surface area contributed by atoms with Gasteiger partial charge in [0.25, 0.3) is 0 Å². The van der Waals surface area contributed by atoms with E-state index in [1.165, 1.54) is 11.5 Å². The molecule has 0 saturated carbocycles. The number of nitrogens with zero attached hydrogens (tertiary/aromatic N) is 3. The average Bonchev–Trinajstić information content (AvgIpc) is 2.71. The highest BCUT2D eigenvalue weighted by atomic mass is 32.1. The minimum Gasteiger partial charge on any atom is -0.382 e. The zero-order valence-electron chi connectivity index (χ0n) is 9.34. The third-order valence-electron chi connectivity index (χ3n) is 2.47. The fourth-order valence-corrected chi connectivity index (χ4v) is 2.34. The van der Waals surface area contributed by atoms with Crippen molar-refractivity contribution >= 4 is 22.4 Å². The quantitative estimate of drug-likeness (QED) is 0.885. The van der Waals surface area contributed by atoms with Crippen molar-refractivity contribution in [1.82, 2.24) is 9.36 Å². The van der Waals surface area contributed by atoms with Gasteiger partial charge in [-0.1, -0.05) is 6.07 Å². The predicted molar refractivity (Wildman–Crippen MR) is 68.7 cm³/mol. The van der Waals surface area contributed by atoms with Crippen LogP contribution in [0.15, 0.2) is 24.5 Å². The summed E-state index contributed by atoms with van der Waals surface area (Å²) in [6, 6.07) is 3.91. The van der Waals surface area contributed by atoms with Gasteiger partial charge < -0.3 is 10.6 Å². The molecule has 0 spiro atoms. The van der Waals surface area contributed by atoms with Crippen LogP contribution < -0.4 is 10.6 Å². The monoisotopic (exact) mass is 234 g/mol. The molecule has 0 fully saturated rings. The van der Waals surface area contributed by atoms with E-state index in [-0.39, 0.29) is 0 Å². The fourth-order valence-electron chi connectivity index (χ4n) is 1.48. The topological polar surface area (TPSA) is 55.0 Å². The molecular formula is C11H14N4S. The molecule has 0 saturated heterocycles. The summed E-state index contributed by atoms with van der Waals surface area (Å²) in [5, 5.41) is 1.09. The standard InChI is InChI=1S/C11H14N4S/c1-3-15(2)11-9(10(12)14-16-11)8-5-4-6-13-7-8/h4-7H,3H2,1-2H3,(H2,12,14). The van der Waals surface area contributed by atoms with Crippen LogP contribution in [0, 0.1) is 0 Å². The Morgan fingerprint density at radius 1 is 1.50 bits per heavy atom. The molecule has 2 aromatic rings. The van der Waals surface area contributed by atoms with Crippen molar-refractivity contribution in [3.05, 3.63) is 24.5 Å². The second-order valence-electron chi connectivity index (χ2n) is 3.50. The van der Waals surface area contributed by atoms with Gasteiger partial charge in [0, 0.05) is 31.5 Å². The van der Waals surface area contributed by atoms with Crippen LogP contribution in [-0.2, 0) is 0 Å². The van der Waals surface area contributed by atoms with Crippen molar-refractivity contribution < 1.29 is 0 Å². The molecule has 0 atom stereocenters. The van der Waals surface area contributed by atoms with E-state index in [4.69, 9.17) is 5.73 Å². The minimum atomic E-state index is 0.577. The smallest absolute Gasteiger partial charge is 0.147 e. The number of nitrogen functional groups attached to an aromatic ring is 1. The van der Waals surface area contributed by atoms with Crippen molar-refractivity contribution in [1.29, 1.82) is 0 Å². The van der Waals surface area contributed by atoms with E-state index in [0.717, 1.165) is 22.7 Å². The first-order valence-corrected chi connectivity index (χ1v) is 5.88. The molecule has 2 aromatic heterocycles. The summed E-state index contributed by atoms with van der Waals surface area (Å²) in [6.07, 6.45) is 3.57. The molecule has 0 amide bonds. The summed E-state index contributed by atoms with van der Waals surface area (Å²) in [5.41, 5.74) is 7.92. The molecule has 0 aliphatic rings. The summed E-state index contributed by atoms with van der Waals surface area (Å²) in [7, 11) is 2.03. The van der Waals surface area contributed by atoms with E-state index in [1.807, 2.05) is 25.4 Å². The molecule has 2 rings (SSSR count). The number of hydrogen-bond acceptors (Lipinski definition) is 5. The molecule has 2 heterocycles. The van der Waals surface area contributed by atoms with Gasteiger partial charge in [0.15, 0.2) is 0 Å². The van der Waals surface area contributed by atoms with E-state index in [0.29, 0.717) is 5.82 Å². The molecular weight excluding hydrogens is 220 g/mol. The molecule has 5 heteroatoms. The lowest BCUT2D eigenvalue weighted by molar-refractivity contribution is 0.982. The second kappa shape index (κ2) is 4.49. The Hall–Kier alpha value is -1.62. The van der Waals surface area contributed by atoms with Crippen molar-refractivity contribution in [3.8, 4) is 11.1 Å². The van der Waals surface area contributed by atoms with E-state index in [1.54, 1.807) is 6.20 Å². The van der Waals surface area contributed by atoms with Crippen molar-refractivity contribution in [2.45, 2.75) is 6.92 Å².